The number of methoxy groups -OCH3 is 1. The molecule has 0 spiro atoms. The van der Waals surface area contributed by atoms with Gasteiger partial charge in [0.15, 0.2) is 0 Å². The van der Waals surface area contributed by atoms with Gasteiger partial charge in [-0.3, -0.25) is 4.68 Å². The molecule has 1 unspecified atom stereocenters. The molecule has 0 saturated heterocycles. The molecule has 4 heteroatoms. The Morgan fingerprint density at radius 3 is 2.77 bits per heavy atom. The minimum absolute atomic E-state index is 0.226. The van der Waals surface area contributed by atoms with Crippen molar-refractivity contribution in [3.05, 3.63) is 16.4 Å². The number of rotatable bonds is 3. The van der Waals surface area contributed by atoms with Crippen LogP contribution < -0.4 is 0 Å². The molecule has 3 nitrogen and oxygen atoms in total. The average molecular weight is 245 g/mol. The van der Waals surface area contributed by atoms with E-state index in [1.54, 1.807) is 7.11 Å². The lowest BCUT2D eigenvalue weighted by atomic mass is 10.1. The highest BCUT2D eigenvalue weighted by atomic mass is 79.9. The Morgan fingerprint density at radius 2 is 2.38 bits per heavy atom. The lowest BCUT2D eigenvalue weighted by Gasteiger charge is -2.13. The fraction of sp³-hybridized carbons (Fsp3) is 0.667. The van der Waals surface area contributed by atoms with Crippen LogP contribution in [0.25, 0.3) is 0 Å². The van der Waals surface area contributed by atoms with E-state index in [1.807, 2.05) is 17.8 Å². The summed E-state index contributed by atoms with van der Waals surface area (Å²) < 4.78 is 8.24. The molecule has 0 amide bonds. The second-order valence-electron chi connectivity index (χ2n) is 3.51. The summed E-state index contributed by atoms with van der Waals surface area (Å²) in [4.78, 5) is 0. The van der Waals surface area contributed by atoms with Gasteiger partial charge in [0.05, 0.1) is 5.69 Å². The van der Waals surface area contributed by atoms with Crippen molar-refractivity contribution in [2.75, 3.05) is 7.11 Å². The Morgan fingerprint density at radius 1 is 1.69 bits per heavy atom. The molecular weight excluding hydrogens is 232 g/mol. The first kappa shape index (κ1) is 9.21. The first-order valence-electron chi connectivity index (χ1n) is 4.44. The van der Waals surface area contributed by atoms with E-state index in [0.29, 0.717) is 5.92 Å². The molecule has 1 aromatic rings. The maximum absolute atomic E-state index is 5.47. The van der Waals surface area contributed by atoms with Crippen LogP contribution in [0.3, 0.4) is 0 Å². The number of nitrogens with zero attached hydrogens (tertiary/aromatic N) is 2. The Bertz CT molecular complexity index is 307. The number of aryl methyl sites for hydroxylation is 1. The standard InChI is InChI=1S/C9H13BrN2O/c1-12-7(5-8(10)11-12)9(13-2)6-3-4-6/h5-6,9H,3-4H2,1-2H3. The monoisotopic (exact) mass is 244 g/mol. The minimum atomic E-state index is 0.226. The van der Waals surface area contributed by atoms with Crippen LogP contribution in [0.15, 0.2) is 10.7 Å². The van der Waals surface area contributed by atoms with Crippen molar-refractivity contribution in [3.63, 3.8) is 0 Å². The van der Waals surface area contributed by atoms with Crippen molar-refractivity contribution in [1.82, 2.24) is 9.78 Å². The molecule has 2 rings (SSSR count). The molecule has 72 valence electrons. The average Bonchev–Trinajstić information content (AvgIpc) is 2.82. The van der Waals surface area contributed by atoms with E-state index in [1.165, 1.54) is 12.8 Å². The third-order valence-corrected chi connectivity index (χ3v) is 2.87. The Hall–Kier alpha value is -0.350. The molecule has 1 heterocycles. The van der Waals surface area contributed by atoms with Gasteiger partial charge in [-0.2, -0.15) is 5.10 Å². The molecule has 0 aromatic carbocycles. The van der Waals surface area contributed by atoms with Gasteiger partial charge in [-0.1, -0.05) is 0 Å². The molecule has 0 bridgehead atoms. The van der Waals surface area contributed by atoms with Crippen LogP contribution in [0.5, 0.6) is 0 Å². The van der Waals surface area contributed by atoms with E-state index in [-0.39, 0.29) is 6.10 Å². The molecule has 0 radical (unpaired) electrons. The van der Waals surface area contributed by atoms with Crippen molar-refractivity contribution in [2.24, 2.45) is 13.0 Å². The largest absolute Gasteiger partial charge is 0.375 e. The van der Waals surface area contributed by atoms with Crippen molar-refractivity contribution in [1.29, 1.82) is 0 Å². The van der Waals surface area contributed by atoms with E-state index in [0.717, 1.165) is 10.3 Å². The van der Waals surface area contributed by atoms with Crippen molar-refractivity contribution >= 4 is 15.9 Å². The topological polar surface area (TPSA) is 27.1 Å². The number of aromatic nitrogens is 2. The smallest absolute Gasteiger partial charge is 0.128 e. The fourth-order valence-corrected chi connectivity index (χ4v) is 2.14. The molecule has 1 saturated carbocycles. The quantitative estimate of drug-likeness (QED) is 0.816. The number of hydrogen-bond acceptors (Lipinski definition) is 2. The summed E-state index contributed by atoms with van der Waals surface area (Å²) in [6.45, 7) is 0. The molecule has 1 aliphatic rings. The second kappa shape index (κ2) is 3.42. The predicted molar refractivity (Wildman–Crippen MR) is 53.4 cm³/mol. The fourth-order valence-electron chi connectivity index (χ4n) is 1.67. The van der Waals surface area contributed by atoms with Crippen molar-refractivity contribution in [3.8, 4) is 0 Å². The lowest BCUT2D eigenvalue weighted by molar-refractivity contribution is 0.0778. The van der Waals surface area contributed by atoms with Crippen LogP contribution in [-0.4, -0.2) is 16.9 Å². The Labute approximate surface area is 86.2 Å². The van der Waals surface area contributed by atoms with E-state index in [9.17, 15) is 0 Å². The van der Waals surface area contributed by atoms with Gasteiger partial charge >= 0.3 is 0 Å². The number of hydrogen-bond donors (Lipinski definition) is 0. The zero-order valence-electron chi connectivity index (χ0n) is 7.83. The highest BCUT2D eigenvalue weighted by Crippen LogP contribution is 2.43. The summed E-state index contributed by atoms with van der Waals surface area (Å²) in [5, 5.41) is 4.24. The second-order valence-corrected chi connectivity index (χ2v) is 4.32. The lowest BCUT2D eigenvalue weighted by Crippen LogP contribution is -2.09. The van der Waals surface area contributed by atoms with Gasteiger partial charge in [-0.05, 0) is 40.8 Å². The van der Waals surface area contributed by atoms with E-state index in [4.69, 9.17) is 4.74 Å². The van der Waals surface area contributed by atoms with Gasteiger partial charge in [-0.25, -0.2) is 0 Å². The highest BCUT2D eigenvalue weighted by molar-refractivity contribution is 9.10. The molecule has 1 aliphatic carbocycles. The normalized spacial score (nSPS) is 19.0. The van der Waals surface area contributed by atoms with Crippen LogP contribution >= 0.6 is 15.9 Å². The summed E-state index contributed by atoms with van der Waals surface area (Å²) in [5.74, 6) is 0.701. The summed E-state index contributed by atoms with van der Waals surface area (Å²) in [6.07, 6.45) is 2.78. The molecule has 1 fully saturated rings. The van der Waals surface area contributed by atoms with Gasteiger partial charge < -0.3 is 4.74 Å². The van der Waals surface area contributed by atoms with Gasteiger partial charge in [0.25, 0.3) is 0 Å². The zero-order valence-corrected chi connectivity index (χ0v) is 9.41. The third-order valence-electron chi connectivity index (χ3n) is 2.48. The van der Waals surface area contributed by atoms with Gasteiger partial charge in [0, 0.05) is 14.2 Å². The summed E-state index contributed by atoms with van der Waals surface area (Å²) in [5.41, 5.74) is 1.16. The van der Waals surface area contributed by atoms with Crippen LogP contribution in [0.1, 0.15) is 24.6 Å². The molecule has 1 atom stereocenters. The van der Waals surface area contributed by atoms with Gasteiger partial charge in [0.1, 0.15) is 10.7 Å². The highest BCUT2D eigenvalue weighted by Gasteiger charge is 2.34. The SMILES string of the molecule is COC(c1cc(Br)nn1C)C1CC1. The van der Waals surface area contributed by atoms with Gasteiger partial charge in [-0.15, -0.1) is 0 Å². The molecule has 13 heavy (non-hydrogen) atoms. The zero-order chi connectivity index (χ0) is 9.42. The number of halogens is 1. The minimum Gasteiger partial charge on any atom is -0.375 e. The van der Waals surface area contributed by atoms with Gasteiger partial charge in [0.2, 0.25) is 0 Å². The first-order chi connectivity index (χ1) is 6.22. The molecule has 0 N–H and O–H groups in total. The predicted octanol–water partition coefficient (Wildman–Crippen LogP) is 2.28. The van der Waals surface area contributed by atoms with Crippen LogP contribution in [0, 0.1) is 5.92 Å². The van der Waals surface area contributed by atoms with Crippen LogP contribution in [0.4, 0.5) is 0 Å². The summed E-state index contributed by atoms with van der Waals surface area (Å²) in [6, 6.07) is 2.03. The Kier molecular flexibility index (Phi) is 2.43. The number of ether oxygens (including phenoxy) is 1. The Balaban J connectivity index is 2.25. The maximum atomic E-state index is 5.47. The van der Waals surface area contributed by atoms with Crippen LogP contribution in [0.2, 0.25) is 0 Å². The molecule has 1 aromatic heterocycles. The summed E-state index contributed by atoms with van der Waals surface area (Å²) in [7, 11) is 3.72. The summed E-state index contributed by atoms with van der Waals surface area (Å²) >= 11 is 3.36. The van der Waals surface area contributed by atoms with Crippen molar-refractivity contribution < 1.29 is 4.74 Å². The molecule has 0 aliphatic heterocycles. The van der Waals surface area contributed by atoms with E-state index < -0.39 is 0 Å². The molecular formula is C9H13BrN2O. The first-order valence-corrected chi connectivity index (χ1v) is 5.24. The van der Waals surface area contributed by atoms with Crippen molar-refractivity contribution in [2.45, 2.75) is 18.9 Å². The third kappa shape index (κ3) is 1.79. The van der Waals surface area contributed by atoms with E-state index in [2.05, 4.69) is 21.0 Å². The van der Waals surface area contributed by atoms with E-state index >= 15 is 0 Å². The van der Waals surface area contributed by atoms with Crippen LogP contribution in [-0.2, 0) is 11.8 Å². The maximum Gasteiger partial charge on any atom is 0.128 e.